The zero-order valence-electron chi connectivity index (χ0n) is 49.8. The van der Waals surface area contributed by atoms with Gasteiger partial charge in [-0.1, -0.05) is 189 Å². The second kappa shape index (κ2) is 31.8. The van der Waals surface area contributed by atoms with E-state index in [-0.39, 0.29) is 33.6 Å². The SMILES string of the molecule is CCc1cccc(CC)c1N=C(C)c1cccc(C(C)=Nc2c(CC)cccc2CC)n1.CCc1cccc(CC)c1N=C(C)c1cccc(C(C)=Nc2c(CC)cccc2CC)n1.[Co+].[Co+].[O-]c1c([O-])c2ccccc2c2ccccc12. The Morgan fingerprint density at radius 2 is 0.463 bits per heavy atom. The van der Waals surface area contributed by atoms with Gasteiger partial charge < -0.3 is 10.2 Å². The second-order valence-electron chi connectivity index (χ2n) is 19.9. The monoisotopic (exact) mass is 1180 g/mol. The number of aryl methyl sites for hydroxylation is 8. The predicted molar refractivity (Wildman–Crippen MR) is 337 cm³/mol. The maximum Gasteiger partial charge on any atom is 1.00 e. The zero-order chi connectivity index (χ0) is 57.3. The van der Waals surface area contributed by atoms with Crippen LogP contribution in [-0.4, -0.2) is 32.8 Å². The average molecular weight is 1180 g/mol. The fourth-order valence-electron chi connectivity index (χ4n) is 10.1. The second-order valence-corrected chi connectivity index (χ2v) is 19.9. The normalized spacial score (nSPS) is 11.8. The third-order valence-electron chi connectivity index (χ3n) is 14.8. The van der Waals surface area contributed by atoms with Gasteiger partial charge in [-0.3, -0.25) is 20.0 Å². The number of aliphatic imine (C=N–C) groups is 4. The van der Waals surface area contributed by atoms with Gasteiger partial charge in [0.2, 0.25) is 0 Å². The standard InChI is InChI=1S/2C29H35N3.C14H10O2.2Co/c2*1-7-22-14-11-15-23(8-2)28(22)30-20(5)26-18-13-19-27(32-26)21(6)31-29-24(9-3)16-12-17-25(29)10-4;15-13-11-7-3-1-5-9(11)10-6-2-4-8-12(10)14(13)16;;/h2*11-19H,7-10H2,1-6H3;1-8,15-16H;;/q;;;2*+1/p-2. The molecule has 2 aromatic heterocycles. The molecule has 0 atom stereocenters. The average Bonchev–Trinajstić information content (AvgIpc) is 3.52. The largest absolute Gasteiger partial charge is 1.00 e. The number of pyridine rings is 2. The van der Waals surface area contributed by atoms with Crippen molar-refractivity contribution in [2.24, 2.45) is 20.0 Å². The Bertz CT molecular complexity index is 3240. The van der Waals surface area contributed by atoms with E-state index in [1.54, 1.807) is 24.3 Å². The van der Waals surface area contributed by atoms with Crippen LogP contribution in [0.25, 0.3) is 21.5 Å². The van der Waals surface area contributed by atoms with E-state index in [2.05, 4.69) is 140 Å². The van der Waals surface area contributed by atoms with Crippen molar-refractivity contribution in [3.05, 3.63) is 225 Å². The molecule has 426 valence electrons. The van der Waals surface area contributed by atoms with Crippen LogP contribution < -0.4 is 10.2 Å². The van der Waals surface area contributed by atoms with E-state index in [1.165, 1.54) is 44.5 Å². The molecule has 0 fully saturated rings. The summed E-state index contributed by atoms with van der Waals surface area (Å²) in [7, 11) is 0. The van der Waals surface area contributed by atoms with E-state index < -0.39 is 11.5 Å². The predicted octanol–water partition coefficient (Wildman–Crippen LogP) is 17.4. The zero-order valence-corrected chi connectivity index (χ0v) is 51.9. The number of fused-ring (bicyclic) bond motifs is 3. The number of para-hydroxylation sites is 4. The van der Waals surface area contributed by atoms with Crippen molar-refractivity contribution >= 4 is 67.1 Å². The van der Waals surface area contributed by atoms with E-state index in [0.29, 0.717) is 10.8 Å². The van der Waals surface area contributed by atoms with Crippen LogP contribution in [0.5, 0.6) is 11.5 Å². The minimum atomic E-state index is -0.408. The molecule has 9 aromatic rings. The van der Waals surface area contributed by atoms with Gasteiger partial charge in [0.25, 0.3) is 0 Å². The van der Waals surface area contributed by atoms with Crippen molar-refractivity contribution in [1.29, 1.82) is 0 Å². The summed E-state index contributed by atoms with van der Waals surface area (Å²) >= 11 is 0. The molecule has 9 rings (SSSR count). The molecule has 82 heavy (non-hydrogen) atoms. The topological polar surface area (TPSA) is 121 Å². The molecule has 2 heterocycles. The number of benzene rings is 7. The van der Waals surface area contributed by atoms with Gasteiger partial charge in [0, 0.05) is 0 Å². The first-order valence-electron chi connectivity index (χ1n) is 28.7. The summed E-state index contributed by atoms with van der Waals surface area (Å²) in [5.41, 5.74) is 21.9. The maximum atomic E-state index is 11.8. The van der Waals surface area contributed by atoms with E-state index >= 15 is 0 Å². The molecule has 0 saturated heterocycles. The summed E-state index contributed by atoms with van der Waals surface area (Å²) in [5.74, 6) is -0.816. The van der Waals surface area contributed by atoms with Gasteiger partial charge in [-0.2, -0.15) is 0 Å². The van der Waals surface area contributed by atoms with Crippen molar-refractivity contribution in [3.8, 4) is 11.5 Å². The van der Waals surface area contributed by atoms with Crippen LogP contribution >= 0.6 is 0 Å². The Morgan fingerprint density at radius 3 is 0.659 bits per heavy atom. The van der Waals surface area contributed by atoms with Crippen molar-refractivity contribution in [2.75, 3.05) is 0 Å². The summed E-state index contributed by atoms with van der Waals surface area (Å²) in [4.78, 5) is 29.9. The van der Waals surface area contributed by atoms with Crippen LogP contribution in [0, 0.1) is 0 Å². The first kappa shape index (κ1) is 65.5. The molecule has 7 aromatic carbocycles. The first-order valence-corrected chi connectivity index (χ1v) is 28.7. The summed E-state index contributed by atoms with van der Waals surface area (Å²) in [5, 5.41) is 26.4. The van der Waals surface area contributed by atoms with Crippen LogP contribution in [0.2, 0.25) is 0 Å². The van der Waals surface area contributed by atoms with Gasteiger partial charge in [0.05, 0.1) is 68.4 Å². The molecule has 0 radical (unpaired) electrons. The fraction of sp³-hybridized carbons (Fsp3) is 0.278. The van der Waals surface area contributed by atoms with Crippen molar-refractivity contribution in [1.82, 2.24) is 9.97 Å². The van der Waals surface area contributed by atoms with E-state index in [0.717, 1.165) is 131 Å². The number of hydrogen-bond acceptors (Lipinski definition) is 8. The minimum Gasteiger partial charge on any atom is -0.872 e. The Labute approximate surface area is 508 Å². The van der Waals surface area contributed by atoms with Gasteiger partial charge in [-0.15, -0.1) is 11.5 Å². The molecule has 8 nitrogen and oxygen atoms in total. The Kier molecular flexibility index (Phi) is 25.3. The molecular formula is C72H78Co2N6O2. The molecular weight excluding hydrogens is 1100 g/mol. The third-order valence-corrected chi connectivity index (χ3v) is 14.8. The molecule has 0 aliphatic rings. The maximum absolute atomic E-state index is 11.8. The van der Waals surface area contributed by atoms with E-state index in [1.807, 2.05) is 76.2 Å². The van der Waals surface area contributed by atoms with Crippen LogP contribution in [-0.2, 0) is 84.9 Å². The summed E-state index contributed by atoms with van der Waals surface area (Å²) in [6.45, 7) is 25.6. The third kappa shape index (κ3) is 15.6. The van der Waals surface area contributed by atoms with E-state index in [4.69, 9.17) is 29.9 Å². The minimum absolute atomic E-state index is 0. The van der Waals surface area contributed by atoms with Crippen molar-refractivity contribution in [2.45, 2.75) is 134 Å². The number of aromatic nitrogens is 2. The quantitative estimate of drug-likeness (QED) is 0.0706. The van der Waals surface area contributed by atoms with Gasteiger partial charge in [0.15, 0.2) is 0 Å². The number of rotatable bonds is 16. The van der Waals surface area contributed by atoms with Crippen LogP contribution in [0.3, 0.4) is 0 Å². The molecule has 0 saturated carbocycles. The molecule has 0 bridgehead atoms. The first-order chi connectivity index (χ1) is 38.8. The van der Waals surface area contributed by atoms with Crippen LogP contribution in [0.15, 0.2) is 178 Å². The smallest absolute Gasteiger partial charge is 0.872 e. The Hall–Kier alpha value is -7.35. The van der Waals surface area contributed by atoms with E-state index in [9.17, 15) is 10.2 Å². The summed E-state index contributed by atoms with van der Waals surface area (Å²) < 4.78 is 0. The van der Waals surface area contributed by atoms with Gasteiger partial charge >= 0.3 is 33.6 Å². The Morgan fingerprint density at radius 1 is 0.280 bits per heavy atom. The van der Waals surface area contributed by atoms with Crippen LogP contribution in [0.4, 0.5) is 22.7 Å². The van der Waals surface area contributed by atoms with Crippen molar-refractivity contribution in [3.63, 3.8) is 0 Å². The Balaban J connectivity index is 0.000000234. The van der Waals surface area contributed by atoms with Gasteiger partial charge in [-0.05, 0) is 169 Å². The van der Waals surface area contributed by atoms with Crippen LogP contribution in [0.1, 0.15) is 150 Å². The van der Waals surface area contributed by atoms with Gasteiger partial charge in [0.1, 0.15) is 0 Å². The van der Waals surface area contributed by atoms with Crippen molar-refractivity contribution < 1.29 is 43.8 Å². The van der Waals surface area contributed by atoms with Gasteiger partial charge in [-0.25, -0.2) is 9.97 Å². The number of nitrogens with zero attached hydrogens (tertiary/aromatic N) is 6. The molecule has 0 unspecified atom stereocenters. The molecule has 0 spiro atoms. The molecule has 0 aliphatic carbocycles. The fourth-order valence-corrected chi connectivity index (χ4v) is 10.1. The number of hydrogen-bond donors (Lipinski definition) is 0. The molecule has 0 amide bonds. The molecule has 0 N–H and O–H groups in total. The summed E-state index contributed by atoms with van der Waals surface area (Å²) in [6.07, 6.45) is 7.74. The summed E-state index contributed by atoms with van der Waals surface area (Å²) in [6, 6.07) is 52.6. The molecule has 0 aliphatic heterocycles. The molecule has 10 heteroatoms.